The van der Waals surface area contributed by atoms with Crippen molar-refractivity contribution < 1.29 is 28.7 Å². The van der Waals surface area contributed by atoms with Gasteiger partial charge in [-0.15, -0.1) is 0 Å². The highest BCUT2D eigenvalue weighted by Gasteiger charge is 2.46. The van der Waals surface area contributed by atoms with Gasteiger partial charge in [0.25, 0.3) is 18.2 Å². The van der Waals surface area contributed by atoms with Gasteiger partial charge in [-0.1, -0.05) is 17.3 Å². The summed E-state index contributed by atoms with van der Waals surface area (Å²) < 4.78 is 26.0. The highest BCUT2D eigenvalue weighted by Crippen LogP contribution is 2.20. The largest absolute Gasteiger partial charge is 0.381 e. The zero-order valence-corrected chi connectivity index (χ0v) is 15.3. The number of aliphatic hydroxyl groups is 1. The van der Waals surface area contributed by atoms with Gasteiger partial charge in [0.15, 0.2) is 10.7 Å². The van der Waals surface area contributed by atoms with E-state index >= 15 is 0 Å². The maximum Gasteiger partial charge on any atom is 0.269 e. The molecule has 0 aliphatic heterocycles. The molecule has 0 radical (unpaired) electrons. The van der Waals surface area contributed by atoms with Gasteiger partial charge in [-0.05, 0) is 37.1 Å². The first-order valence-corrected chi connectivity index (χ1v) is 8.55. The van der Waals surface area contributed by atoms with Crippen LogP contribution in [0.4, 0.5) is 13.9 Å². The van der Waals surface area contributed by atoms with E-state index in [1.54, 1.807) is 0 Å². The number of hydroxylamine groups is 1. The summed E-state index contributed by atoms with van der Waals surface area (Å²) in [5, 5.41) is 20.9. The Morgan fingerprint density at radius 2 is 1.93 bits per heavy atom. The Bertz CT molecular complexity index is 919. The summed E-state index contributed by atoms with van der Waals surface area (Å²) in [6.07, 6.45) is -1.83. The van der Waals surface area contributed by atoms with Crippen molar-refractivity contribution in [2.45, 2.75) is 25.0 Å². The first kappa shape index (κ1) is 21.2. The van der Waals surface area contributed by atoms with Gasteiger partial charge in [-0.2, -0.15) is 0 Å². The Morgan fingerprint density at radius 1 is 1.29 bits per heavy atom. The fraction of sp³-hybridized carbons (Fsp3) is 0.235. The van der Waals surface area contributed by atoms with E-state index in [4.69, 9.17) is 10.9 Å². The molecule has 148 valence electrons. The smallest absolute Gasteiger partial charge is 0.269 e. The Labute approximate surface area is 162 Å². The molecule has 28 heavy (non-hydrogen) atoms. The molecule has 2 amide bonds. The molecule has 2 unspecified atom stereocenters. The summed E-state index contributed by atoms with van der Waals surface area (Å²) in [7, 11) is 0. The number of hydrogen-bond donors (Lipinski definition) is 5. The average Bonchev–Trinajstić information content (AvgIpc) is 3.09. The third-order valence-electron chi connectivity index (χ3n) is 3.67. The number of nitrogen functional groups attached to an aromatic ring is 1. The van der Waals surface area contributed by atoms with E-state index in [9.17, 15) is 23.5 Å². The molecule has 0 saturated heterocycles. The number of rotatable bonds is 5. The minimum absolute atomic E-state index is 0.0355. The number of anilines is 1. The van der Waals surface area contributed by atoms with Crippen molar-refractivity contribution in [1.82, 2.24) is 15.8 Å². The Balaban J connectivity index is 2.15. The zero-order valence-electron chi connectivity index (χ0n) is 14.4. The minimum Gasteiger partial charge on any atom is -0.381 e. The first-order valence-electron chi connectivity index (χ1n) is 7.74. The number of nitrogens with one attached hydrogen (secondary N) is 2. The molecule has 0 saturated carbocycles. The number of hydrogen-bond acceptors (Lipinski definition) is 7. The molecule has 2 rings (SSSR count). The summed E-state index contributed by atoms with van der Waals surface area (Å²) in [6.45, 7) is 0.669. The number of thiazole rings is 1. The van der Waals surface area contributed by atoms with Gasteiger partial charge in [-0.25, -0.2) is 19.2 Å². The monoisotopic (exact) mass is 410 g/mol. The number of amides is 2. The molecule has 8 nitrogen and oxygen atoms in total. The van der Waals surface area contributed by atoms with Crippen LogP contribution >= 0.6 is 11.3 Å². The molecule has 11 heteroatoms. The normalized spacial score (nSPS) is 13.8. The Morgan fingerprint density at radius 3 is 2.43 bits per heavy atom. The van der Waals surface area contributed by atoms with Crippen LogP contribution in [-0.2, 0) is 4.79 Å². The molecule has 1 aromatic carbocycles. The highest BCUT2D eigenvalue weighted by atomic mass is 32.1. The second-order valence-corrected chi connectivity index (χ2v) is 6.86. The number of nitrogens with two attached hydrogens (primary N) is 1. The van der Waals surface area contributed by atoms with E-state index in [1.807, 2.05) is 5.32 Å². The van der Waals surface area contributed by atoms with E-state index in [2.05, 4.69) is 16.8 Å². The van der Waals surface area contributed by atoms with Crippen LogP contribution in [0.5, 0.6) is 0 Å². The molecular formula is C17H16F2N4O4S. The van der Waals surface area contributed by atoms with E-state index in [0.29, 0.717) is 22.5 Å². The molecule has 2 atom stereocenters. The number of aromatic nitrogens is 1. The number of carbonyl (C=O) groups is 2. The van der Waals surface area contributed by atoms with Gasteiger partial charge in [0, 0.05) is 11.1 Å². The molecule has 0 aliphatic rings. The lowest BCUT2D eigenvalue weighted by Crippen LogP contribution is -2.61. The summed E-state index contributed by atoms with van der Waals surface area (Å²) in [5.41, 5.74) is 4.35. The summed E-state index contributed by atoms with van der Waals surface area (Å²) in [6, 6.07) is 3.68. The number of halogens is 2. The van der Waals surface area contributed by atoms with Crippen LogP contribution in [0, 0.1) is 11.8 Å². The van der Waals surface area contributed by atoms with Crippen molar-refractivity contribution in [2.24, 2.45) is 0 Å². The minimum atomic E-state index is -3.35. The third-order valence-corrected chi connectivity index (χ3v) is 4.42. The van der Waals surface area contributed by atoms with Crippen LogP contribution in [0.3, 0.4) is 0 Å². The van der Waals surface area contributed by atoms with Crippen molar-refractivity contribution in [1.29, 1.82) is 0 Å². The molecule has 0 spiro atoms. The van der Waals surface area contributed by atoms with E-state index in [0.717, 1.165) is 5.48 Å². The fourth-order valence-electron chi connectivity index (χ4n) is 2.07. The van der Waals surface area contributed by atoms with E-state index in [1.165, 1.54) is 41.8 Å². The number of benzene rings is 1. The fourth-order valence-corrected chi connectivity index (χ4v) is 2.60. The molecule has 2 aromatic rings. The maximum absolute atomic E-state index is 13.0. The quantitative estimate of drug-likeness (QED) is 0.280. The molecule has 0 bridgehead atoms. The van der Waals surface area contributed by atoms with E-state index in [-0.39, 0.29) is 5.56 Å². The number of alkyl halides is 2. The van der Waals surface area contributed by atoms with Gasteiger partial charge < -0.3 is 16.2 Å². The van der Waals surface area contributed by atoms with Gasteiger partial charge in [-0.3, -0.25) is 14.8 Å². The van der Waals surface area contributed by atoms with Crippen molar-refractivity contribution >= 4 is 28.3 Å². The first-order chi connectivity index (χ1) is 13.1. The predicted octanol–water partition coefficient (Wildman–Crippen LogP) is 0.745. The van der Waals surface area contributed by atoms with Crippen molar-refractivity contribution in [2.75, 3.05) is 5.73 Å². The number of nitrogens with zero attached hydrogens (tertiary/aromatic N) is 1. The van der Waals surface area contributed by atoms with Crippen LogP contribution in [0.25, 0.3) is 0 Å². The molecular weight excluding hydrogens is 394 g/mol. The van der Waals surface area contributed by atoms with Crippen LogP contribution in [0.15, 0.2) is 30.5 Å². The van der Waals surface area contributed by atoms with Gasteiger partial charge in [0.05, 0.1) is 11.1 Å². The SMILES string of the molecule is CC(O)(C(F)F)C(NC(=O)c1ccc(C#Cc2cnc(N)s2)cc1)C(=O)NO. The predicted molar refractivity (Wildman–Crippen MR) is 96.8 cm³/mol. The molecule has 0 aliphatic carbocycles. The van der Waals surface area contributed by atoms with Gasteiger partial charge in [0.1, 0.15) is 6.04 Å². The van der Waals surface area contributed by atoms with Crippen molar-refractivity contribution in [3.05, 3.63) is 46.5 Å². The second-order valence-electron chi connectivity index (χ2n) is 5.80. The standard InChI is InChI=1S/C17H16F2N4O4S/c1-17(26,15(18)19)12(14(25)23-27)22-13(24)10-5-2-9(3-6-10)4-7-11-8-21-16(20)28-11/h2-3,5-6,8,12,15,26-27H,1H3,(H2,20,21)(H,22,24)(H,23,25). The molecule has 6 N–H and O–H groups in total. The lowest BCUT2D eigenvalue weighted by atomic mass is 9.95. The van der Waals surface area contributed by atoms with Crippen molar-refractivity contribution in [3.63, 3.8) is 0 Å². The van der Waals surface area contributed by atoms with Crippen LogP contribution in [0.2, 0.25) is 0 Å². The summed E-state index contributed by atoms with van der Waals surface area (Å²) >= 11 is 1.22. The zero-order chi connectivity index (χ0) is 20.9. The Hall–Kier alpha value is -3.07. The van der Waals surface area contributed by atoms with Crippen LogP contribution in [0.1, 0.15) is 27.7 Å². The molecule has 0 fully saturated rings. The van der Waals surface area contributed by atoms with Crippen LogP contribution < -0.4 is 16.5 Å². The van der Waals surface area contributed by atoms with Crippen LogP contribution in [-0.4, -0.2) is 45.2 Å². The lowest BCUT2D eigenvalue weighted by molar-refractivity contribution is -0.149. The van der Waals surface area contributed by atoms with Gasteiger partial charge >= 0.3 is 0 Å². The molecule has 1 aromatic heterocycles. The average molecular weight is 410 g/mol. The maximum atomic E-state index is 13.0. The Kier molecular flexibility index (Phi) is 6.63. The summed E-state index contributed by atoms with van der Waals surface area (Å²) in [5.74, 6) is 3.41. The lowest BCUT2D eigenvalue weighted by Gasteiger charge is -2.30. The molecule has 1 heterocycles. The third kappa shape index (κ3) is 5.01. The topological polar surface area (TPSA) is 138 Å². The highest BCUT2D eigenvalue weighted by molar-refractivity contribution is 7.15. The van der Waals surface area contributed by atoms with E-state index < -0.39 is 29.9 Å². The second kappa shape index (κ2) is 8.75. The van der Waals surface area contributed by atoms with Crippen molar-refractivity contribution in [3.8, 4) is 11.8 Å². The van der Waals surface area contributed by atoms with Gasteiger partial charge in [0.2, 0.25) is 0 Å². The summed E-state index contributed by atoms with van der Waals surface area (Å²) in [4.78, 5) is 28.4. The number of carbonyl (C=O) groups excluding carboxylic acids is 2.